The number of para-hydroxylation sites is 3. The first kappa shape index (κ1) is 35.2. The van der Waals surface area contributed by atoms with Crippen LogP contribution in [0.25, 0.3) is 83.1 Å². The maximum atomic E-state index is 6.39. The van der Waals surface area contributed by atoms with Gasteiger partial charge in [0.15, 0.2) is 5.82 Å². The van der Waals surface area contributed by atoms with E-state index in [1.54, 1.807) is 0 Å². The van der Waals surface area contributed by atoms with Crippen molar-refractivity contribution >= 4 is 43.7 Å². The molecule has 1 unspecified atom stereocenters. The molecule has 5 nitrogen and oxygen atoms in total. The third-order valence-corrected chi connectivity index (χ3v) is 13.5. The van der Waals surface area contributed by atoms with Gasteiger partial charge >= 0.3 is 0 Å². The summed E-state index contributed by atoms with van der Waals surface area (Å²) in [5, 5.41) is 4.75. The van der Waals surface area contributed by atoms with E-state index in [4.69, 9.17) is 19.4 Å². The monoisotopic (exact) mass is 796 g/mol. The summed E-state index contributed by atoms with van der Waals surface area (Å²) in [7, 11) is 0. The Morgan fingerprint density at radius 2 is 1.16 bits per heavy atom. The molecule has 11 aromatic rings. The number of fused-ring (bicyclic) bond motifs is 12. The Bertz CT molecular complexity index is 3520. The van der Waals surface area contributed by atoms with Crippen LogP contribution in [0.1, 0.15) is 58.6 Å². The Kier molecular flexibility index (Phi) is 7.92. The molecule has 0 saturated heterocycles. The van der Waals surface area contributed by atoms with Crippen molar-refractivity contribution in [1.29, 1.82) is 0 Å². The summed E-state index contributed by atoms with van der Waals surface area (Å²) < 4.78 is 8.81. The van der Waals surface area contributed by atoms with Gasteiger partial charge in [-0.25, -0.2) is 15.0 Å². The van der Waals surface area contributed by atoms with Gasteiger partial charge in [-0.1, -0.05) is 133 Å². The molecule has 0 N–H and O–H groups in total. The van der Waals surface area contributed by atoms with Crippen LogP contribution < -0.4 is 0 Å². The first-order valence-electron chi connectivity index (χ1n) is 21.8. The summed E-state index contributed by atoms with van der Waals surface area (Å²) in [6.07, 6.45) is 3.39. The molecular weight excluding hydrogens is 757 g/mol. The van der Waals surface area contributed by atoms with Crippen LogP contribution in [0.15, 0.2) is 186 Å². The van der Waals surface area contributed by atoms with Crippen molar-refractivity contribution in [2.45, 2.75) is 37.5 Å². The highest BCUT2D eigenvalue weighted by molar-refractivity contribution is 6.11. The highest BCUT2D eigenvalue weighted by atomic mass is 16.3. The molecule has 62 heavy (non-hydrogen) atoms. The Balaban J connectivity index is 0.951. The molecule has 13 rings (SSSR count). The van der Waals surface area contributed by atoms with Gasteiger partial charge in [0.2, 0.25) is 0 Å². The van der Waals surface area contributed by atoms with Gasteiger partial charge in [0.05, 0.1) is 11.0 Å². The van der Waals surface area contributed by atoms with E-state index >= 15 is 0 Å². The van der Waals surface area contributed by atoms with Gasteiger partial charge in [0.1, 0.15) is 22.8 Å². The van der Waals surface area contributed by atoms with Crippen molar-refractivity contribution in [2.24, 2.45) is 0 Å². The number of nitrogens with zero attached hydrogens (tertiary/aromatic N) is 4. The highest BCUT2D eigenvalue weighted by Crippen LogP contribution is 2.47. The Morgan fingerprint density at radius 3 is 1.97 bits per heavy atom. The van der Waals surface area contributed by atoms with Crippen molar-refractivity contribution in [3.8, 4) is 39.3 Å². The summed E-state index contributed by atoms with van der Waals surface area (Å²) in [6.45, 7) is 0. The second-order valence-electron chi connectivity index (χ2n) is 16.9. The van der Waals surface area contributed by atoms with E-state index in [1.165, 1.54) is 66.3 Å². The molecule has 0 fully saturated rings. The molecule has 0 spiro atoms. The van der Waals surface area contributed by atoms with Gasteiger partial charge in [0.25, 0.3) is 0 Å². The average molecular weight is 797 g/mol. The van der Waals surface area contributed by atoms with Crippen LogP contribution in [-0.2, 0) is 12.8 Å². The van der Waals surface area contributed by atoms with Crippen LogP contribution in [0.2, 0.25) is 0 Å². The summed E-state index contributed by atoms with van der Waals surface area (Å²) in [5.74, 6) is 2.58. The second kappa shape index (κ2) is 14.0. The minimum atomic E-state index is -0.0330. The molecule has 294 valence electrons. The molecule has 5 heteroatoms. The Morgan fingerprint density at radius 1 is 0.500 bits per heavy atom. The quantitative estimate of drug-likeness (QED) is 0.168. The third kappa shape index (κ3) is 5.51. The van der Waals surface area contributed by atoms with Crippen LogP contribution in [0.3, 0.4) is 0 Å². The zero-order valence-electron chi connectivity index (χ0n) is 34.0. The third-order valence-electron chi connectivity index (χ3n) is 13.5. The molecule has 3 aromatic heterocycles. The van der Waals surface area contributed by atoms with E-state index in [2.05, 4.69) is 174 Å². The number of hydrogen-bond donors (Lipinski definition) is 0. The highest BCUT2D eigenvalue weighted by Gasteiger charge is 2.30. The number of aryl methyl sites for hydroxylation is 2. The van der Waals surface area contributed by atoms with Gasteiger partial charge in [-0.3, -0.25) is 0 Å². The zero-order valence-corrected chi connectivity index (χ0v) is 34.0. The van der Waals surface area contributed by atoms with Crippen molar-refractivity contribution in [3.05, 3.63) is 216 Å². The molecule has 2 aliphatic carbocycles. The van der Waals surface area contributed by atoms with Crippen LogP contribution in [0, 0.1) is 0 Å². The molecule has 1 atom stereocenters. The van der Waals surface area contributed by atoms with Gasteiger partial charge in [0, 0.05) is 51.1 Å². The molecule has 3 heterocycles. The number of aromatic nitrogens is 4. The number of hydrogen-bond acceptors (Lipinski definition) is 4. The molecular formula is C57H40N4O. The van der Waals surface area contributed by atoms with E-state index in [0.29, 0.717) is 5.82 Å². The minimum absolute atomic E-state index is 0.0330. The summed E-state index contributed by atoms with van der Waals surface area (Å²) in [5.41, 5.74) is 16.8. The van der Waals surface area contributed by atoms with E-state index < -0.39 is 0 Å². The van der Waals surface area contributed by atoms with Gasteiger partial charge in [-0.2, -0.15) is 0 Å². The fraction of sp³-hybridized carbons (Fsp3) is 0.105. The number of benzene rings is 8. The SMILES string of the molecule is c1ccc(-n2c3ccccc3c3cc4c(cc32)-c2ccccc2C(c2nc(CCC3c5ccccc5-c5ccccc53)nc(-c3ccc5c(c3)oc3ccccc35)n2)CC4)cc1. The lowest BCUT2D eigenvalue weighted by molar-refractivity contribution is 0.646. The van der Waals surface area contributed by atoms with Gasteiger partial charge in [-0.15, -0.1) is 0 Å². The minimum Gasteiger partial charge on any atom is -0.456 e. The Labute approximate surface area is 359 Å². The smallest absolute Gasteiger partial charge is 0.163 e. The van der Waals surface area contributed by atoms with Crippen molar-refractivity contribution < 1.29 is 4.42 Å². The summed E-state index contributed by atoms with van der Waals surface area (Å²) >= 11 is 0. The van der Waals surface area contributed by atoms with E-state index in [-0.39, 0.29) is 11.8 Å². The fourth-order valence-electron chi connectivity index (χ4n) is 10.7. The van der Waals surface area contributed by atoms with E-state index in [9.17, 15) is 0 Å². The van der Waals surface area contributed by atoms with Crippen molar-refractivity contribution in [3.63, 3.8) is 0 Å². The standard InChI is InChI=1S/C57H40N4O/c1-2-14-37(15-3-1)61-51-24-12-10-22-45(51)50-32-35-26-29-48(42-20-8-9-21-43(42)49(35)34-52(50)61)57-59-55(31-30-44-40-18-6-4-16-38(40)39-17-5-7-19-41(39)44)58-56(60-57)36-27-28-47-46-23-11-13-25-53(46)62-54(47)33-36/h1-25,27-28,32-34,44,48H,26,29-31H2. The normalized spacial score (nSPS) is 14.5. The predicted molar refractivity (Wildman–Crippen MR) is 251 cm³/mol. The molecule has 0 amide bonds. The van der Waals surface area contributed by atoms with Crippen molar-refractivity contribution in [2.75, 3.05) is 0 Å². The molecule has 0 radical (unpaired) electrons. The van der Waals surface area contributed by atoms with Crippen LogP contribution in [0.4, 0.5) is 0 Å². The largest absolute Gasteiger partial charge is 0.456 e. The maximum Gasteiger partial charge on any atom is 0.163 e. The first-order valence-corrected chi connectivity index (χ1v) is 21.8. The van der Waals surface area contributed by atoms with Gasteiger partial charge < -0.3 is 8.98 Å². The Hall–Kier alpha value is -7.63. The number of rotatable bonds is 6. The number of furan rings is 1. The topological polar surface area (TPSA) is 56.7 Å². The van der Waals surface area contributed by atoms with Crippen LogP contribution in [-0.4, -0.2) is 19.5 Å². The van der Waals surface area contributed by atoms with Gasteiger partial charge in [-0.05, 0) is 112 Å². The molecule has 0 aliphatic heterocycles. The second-order valence-corrected chi connectivity index (χ2v) is 16.9. The zero-order chi connectivity index (χ0) is 40.7. The predicted octanol–water partition coefficient (Wildman–Crippen LogP) is 14.0. The first-order chi connectivity index (χ1) is 30.7. The fourth-order valence-corrected chi connectivity index (χ4v) is 10.7. The summed E-state index contributed by atoms with van der Waals surface area (Å²) in [4.78, 5) is 16.1. The van der Waals surface area contributed by atoms with E-state index in [0.717, 1.165) is 70.5 Å². The van der Waals surface area contributed by atoms with Crippen LogP contribution >= 0.6 is 0 Å². The van der Waals surface area contributed by atoms with Crippen molar-refractivity contribution in [1.82, 2.24) is 19.5 Å². The van der Waals surface area contributed by atoms with Crippen LogP contribution in [0.5, 0.6) is 0 Å². The lowest BCUT2D eigenvalue weighted by atomic mass is 9.90. The van der Waals surface area contributed by atoms with E-state index in [1.807, 2.05) is 12.1 Å². The molecule has 0 saturated carbocycles. The molecule has 0 bridgehead atoms. The summed E-state index contributed by atoms with van der Waals surface area (Å²) in [6, 6.07) is 65.7. The molecule has 8 aromatic carbocycles. The molecule has 2 aliphatic rings. The maximum absolute atomic E-state index is 6.39. The average Bonchev–Trinajstić information content (AvgIpc) is 3.94. The lowest BCUT2D eigenvalue weighted by Crippen LogP contribution is -2.13. The lowest BCUT2D eigenvalue weighted by Gasteiger charge is -2.19.